The van der Waals surface area contributed by atoms with Crippen LogP contribution in [0.25, 0.3) is 0 Å². The summed E-state index contributed by atoms with van der Waals surface area (Å²) in [4.78, 5) is 6.85. The maximum Gasteiger partial charge on any atom is 0.143 e. The summed E-state index contributed by atoms with van der Waals surface area (Å²) >= 11 is 9.52. The molecule has 3 nitrogen and oxygen atoms in total. The van der Waals surface area contributed by atoms with Gasteiger partial charge in [0.1, 0.15) is 5.82 Å². The summed E-state index contributed by atoms with van der Waals surface area (Å²) in [7, 11) is 0. The van der Waals surface area contributed by atoms with Gasteiger partial charge in [-0.05, 0) is 55.6 Å². The summed E-state index contributed by atoms with van der Waals surface area (Å²) in [5, 5.41) is 4.25. The highest BCUT2D eigenvalue weighted by molar-refractivity contribution is 9.10. The number of hydrogen-bond donors (Lipinski definition) is 1. The Morgan fingerprint density at radius 2 is 2.26 bits per heavy atom. The first-order valence-corrected chi connectivity index (χ1v) is 7.86. The Kier molecular flexibility index (Phi) is 4.75. The lowest BCUT2D eigenvalue weighted by Crippen LogP contribution is -2.45. The van der Waals surface area contributed by atoms with E-state index in [1.807, 2.05) is 6.07 Å². The molecule has 106 valence electrons. The lowest BCUT2D eigenvalue weighted by molar-refractivity contribution is 0.404. The van der Waals surface area contributed by atoms with Gasteiger partial charge < -0.3 is 10.2 Å². The standard InChI is InChI=1S/C14H21BrClN3/c1-14(2,3)18-9-11-5-4-6-19(11)13-12(15)7-10(16)8-17-13/h7-8,11,18H,4-6,9H2,1-3H3. The Bertz CT molecular complexity index is 445. The molecule has 1 atom stereocenters. The molecule has 0 saturated carbocycles. The van der Waals surface area contributed by atoms with Crippen LogP contribution in [0.5, 0.6) is 0 Å². The van der Waals surface area contributed by atoms with Gasteiger partial charge >= 0.3 is 0 Å². The van der Waals surface area contributed by atoms with E-state index in [-0.39, 0.29) is 5.54 Å². The van der Waals surface area contributed by atoms with Crippen LogP contribution in [-0.2, 0) is 0 Å². The SMILES string of the molecule is CC(C)(C)NCC1CCCN1c1ncc(Cl)cc1Br. The zero-order chi connectivity index (χ0) is 14.0. The summed E-state index contributed by atoms with van der Waals surface area (Å²) in [6.45, 7) is 8.64. The number of hydrogen-bond acceptors (Lipinski definition) is 3. The highest BCUT2D eigenvalue weighted by atomic mass is 79.9. The topological polar surface area (TPSA) is 28.2 Å². The zero-order valence-corrected chi connectivity index (χ0v) is 14.1. The molecule has 1 unspecified atom stereocenters. The van der Waals surface area contributed by atoms with Gasteiger partial charge in [-0.1, -0.05) is 11.6 Å². The Balaban J connectivity index is 2.10. The van der Waals surface area contributed by atoms with Crippen LogP contribution in [0, 0.1) is 0 Å². The van der Waals surface area contributed by atoms with E-state index in [1.165, 1.54) is 12.8 Å². The molecule has 19 heavy (non-hydrogen) atoms. The predicted octanol–water partition coefficient (Wildman–Crippen LogP) is 3.85. The zero-order valence-electron chi connectivity index (χ0n) is 11.7. The third kappa shape index (κ3) is 4.07. The van der Waals surface area contributed by atoms with Crippen LogP contribution in [0.1, 0.15) is 33.6 Å². The second-order valence-corrected chi connectivity index (χ2v) is 7.37. The molecule has 1 fully saturated rings. The first-order valence-electron chi connectivity index (χ1n) is 6.69. The normalized spacial score (nSPS) is 20.1. The monoisotopic (exact) mass is 345 g/mol. The number of halogens is 2. The van der Waals surface area contributed by atoms with Crippen molar-refractivity contribution in [2.75, 3.05) is 18.0 Å². The van der Waals surface area contributed by atoms with Crippen molar-refractivity contribution in [1.82, 2.24) is 10.3 Å². The Morgan fingerprint density at radius 3 is 2.89 bits per heavy atom. The van der Waals surface area contributed by atoms with Gasteiger partial charge in [0.15, 0.2) is 0 Å². The van der Waals surface area contributed by atoms with E-state index in [2.05, 4.69) is 51.9 Å². The second-order valence-electron chi connectivity index (χ2n) is 6.08. The molecule has 5 heteroatoms. The molecule has 0 spiro atoms. The Hall–Kier alpha value is -0.320. The van der Waals surface area contributed by atoms with E-state index in [4.69, 9.17) is 11.6 Å². The van der Waals surface area contributed by atoms with Crippen molar-refractivity contribution in [3.8, 4) is 0 Å². The van der Waals surface area contributed by atoms with Gasteiger partial charge in [0, 0.05) is 30.9 Å². The van der Waals surface area contributed by atoms with Gasteiger partial charge in [-0.25, -0.2) is 4.98 Å². The van der Waals surface area contributed by atoms with Crippen LogP contribution < -0.4 is 10.2 Å². The van der Waals surface area contributed by atoms with Crippen LogP contribution in [0.2, 0.25) is 5.02 Å². The molecule has 1 N–H and O–H groups in total. The lowest BCUT2D eigenvalue weighted by atomic mass is 10.1. The summed E-state index contributed by atoms with van der Waals surface area (Å²) in [6, 6.07) is 2.42. The van der Waals surface area contributed by atoms with E-state index in [9.17, 15) is 0 Å². The van der Waals surface area contributed by atoms with E-state index < -0.39 is 0 Å². The number of nitrogens with one attached hydrogen (secondary N) is 1. The largest absolute Gasteiger partial charge is 0.351 e. The first kappa shape index (κ1) is 15.1. The van der Waals surface area contributed by atoms with Crippen LogP contribution in [-0.4, -0.2) is 29.7 Å². The molecule has 1 aliphatic rings. The van der Waals surface area contributed by atoms with Gasteiger partial charge in [-0.2, -0.15) is 0 Å². The van der Waals surface area contributed by atoms with E-state index >= 15 is 0 Å². The van der Waals surface area contributed by atoms with Gasteiger partial charge in [0.05, 0.1) is 9.50 Å². The molecule has 2 rings (SSSR count). The fraction of sp³-hybridized carbons (Fsp3) is 0.643. The van der Waals surface area contributed by atoms with Gasteiger partial charge in [0.25, 0.3) is 0 Å². The number of aromatic nitrogens is 1. The number of rotatable bonds is 3. The van der Waals surface area contributed by atoms with Crippen LogP contribution in [0.3, 0.4) is 0 Å². The Labute approximate surface area is 128 Å². The maximum absolute atomic E-state index is 5.96. The van der Waals surface area contributed by atoms with Crippen LogP contribution in [0.4, 0.5) is 5.82 Å². The van der Waals surface area contributed by atoms with Crippen LogP contribution >= 0.6 is 27.5 Å². The van der Waals surface area contributed by atoms with Crippen molar-refractivity contribution in [3.63, 3.8) is 0 Å². The van der Waals surface area contributed by atoms with Crippen molar-refractivity contribution < 1.29 is 0 Å². The number of pyridine rings is 1. The molecular formula is C14H21BrClN3. The lowest BCUT2D eigenvalue weighted by Gasteiger charge is -2.30. The molecule has 0 aromatic carbocycles. The number of nitrogens with zero attached hydrogens (tertiary/aromatic N) is 2. The molecule has 1 saturated heterocycles. The third-order valence-corrected chi connectivity index (χ3v) is 4.10. The smallest absolute Gasteiger partial charge is 0.143 e. The molecule has 0 radical (unpaired) electrons. The highest BCUT2D eigenvalue weighted by Crippen LogP contribution is 2.31. The van der Waals surface area contributed by atoms with Gasteiger partial charge in [0.2, 0.25) is 0 Å². The summed E-state index contributed by atoms with van der Waals surface area (Å²) in [5.41, 5.74) is 0.152. The molecule has 0 aliphatic carbocycles. The number of anilines is 1. The predicted molar refractivity (Wildman–Crippen MR) is 85.1 cm³/mol. The van der Waals surface area contributed by atoms with Crippen molar-refractivity contribution in [1.29, 1.82) is 0 Å². The van der Waals surface area contributed by atoms with Crippen molar-refractivity contribution >= 4 is 33.3 Å². The third-order valence-electron chi connectivity index (χ3n) is 3.31. The highest BCUT2D eigenvalue weighted by Gasteiger charge is 2.27. The molecule has 0 amide bonds. The second kappa shape index (κ2) is 5.98. The average Bonchev–Trinajstić information content (AvgIpc) is 2.73. The molecule has 1 aromatic heterocycles. The molecule has 1 aliphatic heterocycles. The Morgan fingerprint density at radius 1 is 1.53 bits per heavy atom. The van der Waals surface area contributed by atoms with Gasteiger partial charge in [-0.3, -0.25) is 0 Å². The fourth-order valence-electron chi connectivity index (χ4n) is 2.37. The summed E-state index contributed by atoms with van der Waals surface area (Å²) in [6.07, 6.45) is 4.14. The van der Waals surface area contributed by atoms with E-state index in [0.717, 1.165) is 23.4 Å². The molecular weight excluding hydrogens is 326 g/mol. The van der Waals surface area contributed by atoms with Crippen molar-refractivity contribution in [2.45, 2.75) is 45.2 Å². The van der Waals surface area contributed by atoms with E-state index in [1.54, 1.807) is 6.20 Å². The van der Waals surface area contributed by atoms with Crippen LogP contribution in [0.15, 0.2) is 16.7 Å². The maximum atomic E-state index is 5.96. The molecule has 1 aromatic rings. The average molecular weight is 347 g/mol. The summed E-state index contributed by atoms with van der Waals surface area (Å²) in [5.74, 6) is 1.00. The minimum absolute atomic E-state index is 0.152. The first-order chi connectivity index (χ1) is 8.87. The summed E-state index contributed by atoms with van der Waals surface area (Å²) < 4.78 is 0.975. The fourth-order valence-corrected chi connectivity index (χ4v) is 3.24. The molecule has 0 bridgehead atoms. The van der Waals surface area contributed by atoms with Crippen molar-refractivity contribution in [2.24, 2.45) is 0 Å². The minimum Gasteiger partial charge on any atom is -0.351 e. The van der Waals surface area contributed by atoms with Gasteiger partial charge in [-0.15, -0.1) is 0 Å². The minimum atomic E-state index is 0.152. The van der Waals surface area contributed by atoms with Crippen molar-refractivity contribution in [3.05, 3.63) is 21.8 Å². The molecule has 2 heterocycles. The van der Waals surface area contributed by atoms with E-state index in [0.29, 0.717) is 11.1 Å². The quantitative estimate of drug-likeness (QED) is 0.901.